The molecule has 94 valence electrons. The van der Waals surface area contributed by atoms with Gasteiger partial charge in [-0.1, -0.05) is 24.3 Å². The maximum absolute atomic E-state index is 10.6. The Labute approximate surface area is 107 Å². The quantitative estimate of drug-likeness (QED) is 0.781. The molecule has 0 saturated carbocycles. The summed E-state index contributed by atoms with van der Waals surface area (Å²) in [7, 11) is 0. The molecule has 1 aromatic heterocycles. The number of hydrogen-bond acceptors (Lipinski definition) is 2. The zero-order valence-electron chi connectivity index (χ0n) is 10.6. The lowest BCUT2D eigenvalue weighted by Gasteiger charge is -2.23. The summed E-state index contributed by atoms with van der Waals surface area (Å²) < 4.78 is 2.06. The Hall–Kier alpha value is -1.61. The summed E-state index contributed by atoms with van der Waals surface area (Å²) in [6.45, 7) is 1.98. The molecule has 1 heterocycles. The topological polar surface area (TPSA) is 38.0 Å². The number of rotatable bonds is 1. The molecule has 0 bridgehead atoms. The Bertz CT molecular complexity index is 547. The first-order valence-electron chi connectivity index (χ1n) is 6.51. The van der Waals surface area contributed by atoms with Gasteiger partial charge in [0.1, 0.15) is 0 Å². The van der Waals surface area contributed by atoms with Crippen LogP contribution in [0, 0.1) is 6.92 Å². The van der Waals surface area contributed by atoms with Gasteiger partial charge in [0.2, 0.25) is 0 Å². The monoisotopic (exact) mass is 242 g/mol. The number of nitrogens with zero attached hydrogens (tertiary/aromatic N) is 2. The number of aromatic nitrogens is 2. The summed E-state index contributed by atoms with van der Waals surface area (Å²) in [6.07, 6.45) is 6.56. The maximum Gasteiger partial charge on any atom is 0.1000 e. The van der Waals surface area contributed by atoms with Crippen molar-refractivity contribution in [2.45, 2.75) is 38.3 Å². The van der Waals surface area contributed by atoms with Gasteiger partial charge in [0.05, 0.1) is 24.2 Å². The molecule has 18 heavy (non-hydrogen) atoms. The van der Waals surface area contributed by atoms with Crippen LogP contribution in [-0.2, 0) is 6.42 Å². The Morgan fingerprint density at radius 1 is 1.33 bits per heavy atom. The smallest absolute Gasteiger partial charge is 0.1000 e. The zero-order chi connectivity index (χ0) is 12.5. The Kier molecular flexibility index (Phi) is 2.92. The van der Waals surface area contributed by atoms with Crippen LogP contribution in [0.3, 0.4) is 0 Å². The molecule has 0 amide bonds. The first-order chi connectivity index (χ1) is 8.75. The minimum absolute atomic E-state index is 0.106. The lowest BCUT2D eigenvalue weighted by Crippen LogP contribution is -2.16. The van der Waals surface area contributed by atoms with Gasteiger partial charge in [-0.3, -0.25) is 0 Å². The molecule has 0 saturated heterocycles. The summed E-state index contributed by atoms with van der Waals surface area (Å²) in [5.41, 5.74) is 3.36. The number of aliphatic hydroxyl groups excluding tert-OH is 1. The number of benzene rings is 1. The van der Waals surface area contributed by atoms with Crippen LogP contribution in [0.5, 0.6) is 0 Å². The van der Waals surface area contributed by atoms with Gasteiger partial charge in [-0.15, -0.1) is 0 Å². The summed E-state index contributed by atoms with van der Waals surface area (Å²) in [5.74, 6) is 0. The van der Waals surface area contributed by atoms with Crippen LogP contribution in [0.1, 0.15) is 41.8 Å². The van der Waals surface area contributed by atoms with Gasteiger partial charge in [-0.05, 0) is 37.3 Å². The second-order valence-electron chi connectivity index (χ2n) is 5.07. The van der Waals surface area contributed by atoms with Crippen LogP contribution in [0.2, 0.25) is 0 Å². The highest BCUT2D eigenvalue weighted by molar-refractivity contribution is 5.31. The van der Waals surface area contributed by atoms with Gasteiger partial charge in [-0.2, -0.15) is 0 Å². The molecular formula is C15H18N2O. The molecule has 3 nitrogen and oxygen atoms in total. The Morgan fingerprint density at radius 3 is 2.94 bits per heavy atom. The molecule has 3 rings (SSSR count). The van der Waals surface area contributed by atoms with E-state index in [4.69, 9.17) is 0 Å². The number of aryl methyl sites for hydroxylation is 2. The van der Waals surface area contributed by atoms with Crippen molar-refractivity contribution >= 4 is 0 Å². The number of fused-ring (bicyclic) bond motifs is 1. The number of hydrogen-bond donors (Lipinski definition) is 1. The van der Waals surface area contributed by atoms with E-state index in [1.165, 1.54) is 5.56 Å². The minimum Gasteiger partial charge on any atom is -0.386 e. The van der Waals surface area contributed by atoms with Gasteiger partial charge >= 0.3 is 0 Å². The van der Waals surface area contributed by atoms with E-state index in [1.807, 2.05) is 37.6 Å². The molecule has 1 aromatic carbocycles. The fraction of sp³-hybridized carbons (Fsp3) is 0.400. The molecule has 2 aromatic rings. The van der Waals surface area contributed by atoms with Crippen molar-refractivity contribution in [3.63, 3.8) is 0 Å². The summed E-state index contributed by atoms with van der Waals surface area (Å²) in [6, 6.07) is 8.33. The maximum atomic E-state index is 10.6. The molecule has 0 aliphatic heterocycles. The van der Waals surface area contributed by atoms with Crippen molar-refractivity contribution < 1.29 is 5.11 Å². The minimum atomic E-state index is -0.433. The Morgan fingerprint density at radius 2 is 2.17 bits per heavy atom. The van der Waals surface area contributed by atoms with Crippen LogP contribution in [0.15, 0.2) is 36.8 Å². The van der Waals surface area contributed by atoms with Crippen LogP contribution in [-0.4, -0.2) is 14.7 Å². The fourth-order valence-electron chi connectivity index (χ4n) is 2.85. The Balaban J connectivity index is 1.99. The summed E-state index contributed by atoms with van der Waals surface area (Å²) in [5, 5.41) is 10.6. The number of aliphatic hydroxyl groups is 1. The molecule has 0 spiro atoms. The number of imidazole rings is 1. The molecule has 1 aliphatic carbocycles. The first-order valence-corrected chi connectivity index (χ1v) is 6.51. The van der Waals surface area contributed by atoms with Crippen molar-refractivity contribution in [2.75, 3.05) is 0 Å². The van der Waals surface area contributed by atoms with Crippen molar-refractivity contribution in [2.24, 2.45) is 0 Å². The van der Waals surface area contributed by atoms with E-state index in [2.05, 4.69) is 15.6 Å². The van der Waals surface area contributed by atoms with Crippen molar-refractivity contribution in [1.29, 1.82) is 0 Å². The summed E-state index contributed by atoms with van der Waals surface area (Å²) >= 11 is 0. The van der Waals surface area contributed by atoms with Gasteiger partial charge < -0.3 is 9.67 Å². The van der Waals surface area contributed by atoms with Crippen molar-refractivity contribution in [3.8, 4) is 0 Å². The average molecular weight is 242 g/mol. The van der Waals surface area contributed by atoms with Crippen LogP contribution < -0.4 is 0 Å². The van der Waals surface area contributed by atoms with Gasteiger partial charge in [0.15, 0.2) is 0 Å². The fourth-order valence-corrected chi connectivity index (χ4v) is 2.85. The van der Waals surface area contributed by atoms with E-state index in [1.54, 1.807) is 0 Å². The second-order valence-corrected chi connectivity index (χ2v) is 5.07. The lowest BCUT2D eigenvalue weighted by molar-refractivity contribution is 0.110. The highest BCUT2D eigenvalue weighted by Crippen LogP contribution is 2.36. The van der Waals surface area contributed by atoms with E-state index in [9.17, 15) is 5.11 Å². The SMILES string of the molecule is Cc1cn([C@@H]2CCCc3ccccc3[C@@H]2O)cn1. The van der Waals surface area contributed by atoms with E-state index in [0.29, 0.717) is 0 Å². The largest absolute Gasteiger partial charge is 0.386 e. The molecular weight excluding hydrogens is 224 g/mol. The summed E-state index contributed by atoms with van der Waals surface area (Å²) in [4.78, 5) is 4.26. The average Bonchev–Trinajstić information content (AvgIpc) is 2.73. The molecule has 0 unspecified atom stereocenters. The third-order valence-electron chi connectivity index (χ3n) is 3.80. The first kappa shape index (κ1) is 11.5. The normalized spacial score (nSPS) is 23.4. The zero-order valence-corrected chi connectivity index (χ0v) is 10.6. The predicted octanol–water partition coefficient (Wildman–Crippen LogP) is 2.80. The van der Waals surface area contributed by atoms with Gasteiger partial charge in [0, 0.05) is 6.20 Å². The van der Waals surface area contributed by atoms with Gasteiger partial charge in [0.25, 0.3) is 0 Å². The van der Waals surface area contributed by atoms with E-state index >= 15 is 0 Å². The van der Waals surface area contributed by atoms with Crippen LogP contribution in [0.4, 0.5) is 0 Å². The van der Waals surface area contributed by atoms with E-state index < -0.39 is 6.10 Å². The van der Waals surface area contributed by atoms with Crippen molar-refractivity contribution in [1.82, 2.24) is 9.55 Å². The van der Waals surface area contributed by atoms with Crippen LogP contribution in [0.25, 0.3) is 0 Å². The van der Waals surface area contributed by atoms with Gasteiger partial charge in [-0.25, -0.2) is 4.98 Å². The van der Waals surface area contributed by atoms with E-state index in [0.717, 1.165) is 30.5 Å². The standard InChI is InChI=1S/C15H18N2O/c1-11-9-17(10-16-11)14-8-4-6-12-5-2-3-7-13(12)15(14)18/h2-3,5,7,9-10,14-15,18H,4,6,8H2,1H3/t14-,15+/m1/s1. The second kappa shape index (κ2) is 4.58. The van der Waals surface area contributed by atoms with Crippen molar-refractivity contribution in [3.05, 3.63) is 53.6 Å². The van der Waals surface area contributed by atoms with Crippen LogP contribution >= 0.6 is 0 Å². The molecule has 0 radical (unpaired) electrons. The lowest BCUT2D eigenvalue weighted by atomic mass is 9.99. The highest BCUT2D eigenvalue weighted by atomic mass is 16.3. The highest BCUT2D eigenvalue weighted by Gasteiger charge is 2.26. The third-order valence-corrected chi connectivity index (χ3v) is 3.80. The molecule has 2 atom stereocenters. The molecule has 3 heteroatoms. The molecule has 1 N–H and O–H groups in total. The molecule has 1 aliphatic rings. The van der Waals surface area contributed by atoms with E-state index in [-0.39, 0.29) is 6.04 Å². The third kappa shape index (κ3) is 1.95. The predicted molar refractivity (Wildman–Crippen MR) is 70.3 cm³/mol. The molecule has 0 fully saturated rings.